The van der Waals surface area contributed by atoms with Crippen molar-refractivity contribution in [3.8, 4) is 0 Å². The highest BCUT2D eigenvalue weighted by atomic mass is 19.4. The van der Waals surface area contributed by atoms with Crippen molar-refractivity contribution >= 4 is 11.6 Å². The van der Waals surface area contributed by atoms with Gasteiger partial charge in [-0.2, -0.15) is 13.2 Å². The molecule has 5 rings (SSSR count). The molecule has 0 radical (unpaired) electrons. The zero-order valence-corrected chi connectivity index (χ0v) is 23.9. The topological polar surface area (TPSA) is 93.8 Å². The Balaban J connectivity index is 1.43. The molecule has 2 aromatic heterocycles. The molecule has 0 unspecified atom stereocenters. The van der Waals surface area contributed by atoms with Crippen LogP contribution in [-0.2, 0) is 25.6 Å². The minimum atomic E-state index is -4.61. The van der Waals surface area contributed by atoms with Crippen molar-refractivity contribution in [1.29, 1.82) is 0 Å². The summed E-state index contributed by atoms with van der Waals surface area (Å²) in [5.41, 5.74) is 0.479. The summed E-state index contributed by atoms with van der Waals surface area (Å²) in [6.07, 6.45) is 2.46. The number of aromatic nitrogens is 4. The van der Waals surface area contributed by atoms with Crippen LogP contribution in [0, 0.1) is 17.3 Å². The van der Waals surface area contributed by atoms with E-state index in [1.165, 1.54) is 25.1 Å². The van der Waals surface area contributed by atoms with Crippen LogP contribution in [0.25, 0.3) is 0 Å². The maximum atomic E-state index is 13.4. The van der Waals surface area contributed by atoms with E-state index in [2.05, 4.69) is 27.8 Å². The third-order valence-electron chi connectivity index (χ3n) is 8.35. The largest absolute Gasteiger partial charge is 0.406 e. The molecule has 0 saturated heterocycles. The standard InChI is InChI=1S/C30H37F3N6O2/c1-19(2)12-34-13-21-8-24(26(41)39(14-21)17-30(31,32)33)25(40)36-23-7-5-6-22(9-23)29(27-37-35-18-38(27)4)15-28(16-29)10-20(3)11-28/h5-9,14,18-20,34H,10-13,15-17H2,1-4H3,(H,36,40). The summed E-state index contributed by atoms with van der Waals surface area (Å²) in [6.45, 7) is 5.68. The molecule has 2 heterocycles. The maximum Gasteiger partial charge on any atom is 0.406 e. The van der Waals surface area contributed by atoms with E-state index in [1.54, 1.807) is 12.4 Å². The number of halogens is 3. The fourth-order valence-electron chi connectivity index (χ4n) is 7.01. The molecule has 2 aliphatic carbocycles. The molecule has 220 valence electrons. The second-order valence-electron chi connectivity index (χ2n) is 12.6. The third kappa shape index (κ3) is 5.95. The predicted molar refractivity (Wildman–Crippen MR) is 150 cm³/mol. The highest BCUT2D eigenvalue weighted by molar-refractivity contribution is 6.04. The molecule has 1 spiro atoms. The molecule has 0 atom stereocenters. The fraction of sp³-hybridized carbons (Fsp3) is 0.533. The first-order valence-electron chi connectivity index (χ1n) is 14.1. The molecule has 41 heavy (non-hydrogen) atoms. The van der Waals surface area contributed by atoms with Gasteiger partial charge < -0.3 is 19.8 Å². The van der Waals surface area contributed by atoms with Crippen molar-refractivity contribution in [3.63, 3.8) is 0 Å². The van der Waals surface area contributed by atoms with Crippen LogP contribution in [0.2, 0.25) is 0 Å². The van der Waals surface area contributed by atoms with E-state index >= 15 is 0 Å². The summed E-state index contributed by atoms with van der Waals surface area (Å²) < 4.78 is 42.2. The summed E-state index contributed by atoms with van der Waals surface area (Å²) in [6, 6.07) is 8.82. The minimum Gasteiger partial charge on any atom is -0.322 e. The lowest BCUT2D eigenvalue weighted by Gasteiger charge is -2.63. The van der Waals surface area contributed by atoms with Gasteiger partial charge in [-0.3, -0.25) is 9.59 Å². The van der Waals surface area contributed by atoms with Gasteiger partial charge in [-0.25, -0.2) is 0 Å². The van der Waals surface area contributed by atoms with Crippen LogP contribution in [0.3, 0.4) is 0 Å². The first-order chi connectivity index (χ1) is 19.3. The van der Waals surface area contributed by atoms with Crippen LogP contribution < -0.4 is 16.2 Å². The lowest BCUT2D eigenvalue weighted by atomic mass is 9.41. The number of hydrogen-bond acceptors (Lipinski definition) is 5. The van der Waals surface area contributed by atoms with E-state index in [0.29, 0.717) is 34.2 Å². The van der Waals surface area contributed by atoms with Gasteiger partial charge in [0.25, 0.3) is 11.5 Å². The van der Waals surface area contributed by atoms with Gasteiger partial charge in [-0.05, 0) is 78.8 Å². The molecule has 2 fully saturated rings. The Kier molecular flexibility index (Phi) is 7.61. The lowest BCUT2D eigenvalue weighted by molar-refractivity contribution is -0.141. The normalized spacial score (nSPS) is 23.9. The number of anilines is 1. The van der Waals surface area contributed by atoms with Crippen LogP contribution >= 0.6 is 0 Å². The monoisotopic (exact) mass is 570 g/mol. The van der Waals surface area contributed by atoms with Crippen molar-refractivity contribution in [2.45, 2.75) is 71.1 Å². The number of alkyl halides is 3. The Morgan fingerprint density at radius 3 is 2.54 bits per heavy atom. The number of nitrogens with one attached hydrogen (secondary N) is 2. The summed E-state index contributed by atoms with van der Waals surface area (Å²) in [5, 5.41) is 14.5. The fourth-order valence-corrected chi connectivity index (χ4v) is 7.01. The molecule has 8 nitrogen and oxygen atoms in total. The van der Waals surface area contributed by atoms with Gasteiger partial charge in [-0.15, -0.1) is 10.2 Å². The number of pyridine rings is 1. The molecule has 2 N–H and O–H groups in total. The highest BCUT2D eigenvalue weighted by Gasteiger charge is 2.62. The van der Waals surface area contributed by atoms with E-state index in [4.69, 9.17) is 0 Å². The first kappa shape index (κ1) is 29.0. The lowest BCUT2D eigenvalue weighted by Crippen LogP contribution is -2.56. The van der Waals surface area contributed by atoms with Gasteiger partial charge in [0.15, 0.2) is 0 Å². The quantitative estimate of drug-likeness (QED) is 0.376. The van der Waals surface area contributed by atoms with Crippen LogP contribution in [-0.4, -0.2) is 38.0 Å². The van der Waals surface area contributed by atoms with Crippen LogP contribution in [0.15, 0.2) is 47.7 Å². The average Bonchev–Trinajstić information content (AvgIpc) is 3.27. The second-order valence-corrected chi connectivity index (χ2v) is 12.6. The van der Waals surface area contributed by atoms with Crippen molar-refractivity contribution in [1.82, 2.24) is 24.6 Å². The molecule has 2 aliphatic rings. The Morgan fingerprint density at radius 1 is 1.20 bits per heavy atom. The number of aryl methyl sites for hydroxylation is 1. The van der Waals surface area contributed by atoms with Crippen LogP contribution in [0.4, 0.5) is 18.9 Å². The van der Waals surface area contributed by atoms with Gasteiger partial charge in [0.1, 0.15) is 24.3 Å². The van der Waals surface area contributed by atoms with E-state index < -0.39 is 24.2 Å². The number of hydrogen-bond donors (Lipinski definition) is 2. The molecule has 0 aliphatic heterocycles. The zero-order chi connectivity index (χ0) is 29.6. The number of carbonyl (C=O) groups is 1. The zero-order valence-electron chi connectivity index (χ0n) is 23.9. The van der Waals surface area contributed by atoms with Crippen molar-refractivity contribution in [3.05, 3.63) is 75.7 Å². The van der Waals surface area contributed by atoms with Gasteiger partial charge in [0.2, 0.25) is 0 Å². The molecular formula is C30H37F3N6O2. The molecule has 0 bridgehead atoms. The van der Waals surface area contributed by atoms with Crippen molar-refractivity contribution in [2.75, 3.05) is 11.9 Å². The number of benzene rings is 1. The van der Waals surface area contributed by atoms with E-state index in [-0.39, 0.29) is 22.9 Å². The highest BCUT2D eigenvalue weighted by Crippen LogP contribution is 2.68. The Bertz CT molecular complexity index is 1480. The molecule has 11 heteroatoms. The minimum absolute atomic E-state index is 0.229. The molecule has 1 amide bonds. The Labute approximate surface area is 237 Å². The maximum absolute atomic E-state index is 13.4. The van der Waals surface area contributed by atoms with E-state index in [9.17, 15) is 22.8 Å². The predicted octanol–water partition coefficient (Wildman–Crippen LogP) is 5.03. The SMILES string of the molecule is CC(C)CNCc1cc(C(=O)Nc2cccc(C3(c4nncn4C)CC4(CC(C)C4)C3)c2)c(=O)n(CC(F)(F)F)c1. The summed E-state index contributed by atoms with van der Waals surface area (Å²) >= 11 is 0. The summed E-state index contributed by atoms with van der Waals surface area (Å²) in [4.78, 5) is 26.3. The molecule has 2 saturated carbocycles. The smallest absolute Gasteiger partial charge is 0.322 e. The van der Waals surface area contributed by atoms with Gasteiger partial charge in [-0.1, -0.05) is 32.9 Å². The van der Waals surface area contributed by atoms with Crippen LogP contribution in [0.5, 0.6) is 0 Å². The molecule has 1 aromatic carbocycles. The number of nitrogens with zero attached hydrogens (tertiary/aromatic N) is 4. The number of amides is 1. The molecule has 3 aromatic rings. The number of carbonyl (C=O) groups excluding carboxylic acids is 1. The van der Waals surface area contributed by atoms with Crippen LogP contribution in [0.1, 0.15) is 73.8 Å². The number of rotatable bonds is 9. The first-order valence-corrected chi connectivity index (χ1v) is 14.1. The van der Waals surface area contributed by atoms with Crippen molar-refractivity contribution < 1.29 is 18.0 Å². The third-order valence-corrected chi connectivity index (χ3v) is 8.35. The average molecular weight is 571 g/mol. The summed E-state index contributed by atoms with van der Waals surface area (Å²) in [7, 11) is 1.92. The van der Waals surface area contributed by atoms with Gasteiger partial charge >= 0.3 is 6.18 Å². The van der Waals surface area contributed by atoms with Crippen molar-refractivity contribution in [2.24, 2.45) is 24.3 Å². The van der Waals surface area contributed by atoms with Gasteiger partial charge in [0, 0.05) is 25.5 Å². The molecular weight excluding hydrogens is 533 g/mol. The second kappa shape index (κ2) is 10.7. The van der Waals surface area contributed by atoms with E-state index in [1.807, 2.05) is 43.7 Å². The van der Waals surface area contributed by atoms with E-state index in [0.717, 1.165) is 24.2 Å². The Morgan fingerprint density at radius 2 is 1.93 bits per heavy atom. The Hall–Kier alpha value is -3.47. The summed E-state index contributed by atoms with van der Waals surface area (Å²) in [5.74, 6) is 1.15. The van der Waals surface area contributed by atoms with Gasteiger partial charge in [0.05, 0.1) is 5.41 Å².